The van der Waals surface area contributed by atoms with E-state index in [4.69, 9.17) is 360 Å². The molecule has 0 saturated heterocycles. The maximum absolute atomic E-state index is 11.7. The monoisotopic (exact) mass is 1310 g/mol. The normalized spacial score (nSPS) is 17.0. The summed E-state index contributed by atoms with van der Waals surface area (Å²) in [5, 5.41) is 9.45. The molecular weight excluding hydrogens is 1320 g/mol. The Balaban J connectivity index is 7.68. The van der Waals surface area contributed by atoms with Crippen LogP contribution in [0.2, 0.25) is 0 Å². The minimum absolute atomic E-state index is 2.17. The zero-order chi connectivity index (χ0) is 41.1. The molecule has 0 heterocycles. The molecular formula is C16HCl31O2. The predicted molar refractivity (Wildman–Crippen MR) is 230 cm³/mol. The molecule has 0 aromatic carbocycles. The maximum Gasteiger partial charge on any atom is 0.343 e. The van der Waals surface area contributed by atoms with Gasteiger partial charge in [-0.25, -0.2) is 4.79 Å². The first-order chi connectivity index (χ1) is 20.4. The van der Waals surface area contributed by atoms with E-state index in [1.807, 2.05) is 0 Å². The summed E-state index contributed by atoms with van der Waals surface area (Å²) < 4.78 is -51.7. The van der Waals surface area contributed by atoms with Crippen LogP contribution in [0.15, 0.2) is 0 Å². The fourth-order valence-electron chi connectivity index (χ4n) is 2.68. The standard InChI is InChI=1S/C16HCl31O2/c17-2(18,1(48)49)3(19,20)4(21,22)5(23,24)6(25,26)7(27,28)8(29,30)9(31,32)10(33,34)11(35,36)12(37,38)13(39,40)14(41,42)15(43,44)16(45,46)47/h(H,48,49). The van der Waals surface area contributed by atoms with Gasteiger partial charge in [0.05, 0.1) is 0 Å². The molecule has 1 N–H and O–H groups in total. The number of alkyl halides is 31. The van der Waals surface area contributed by atoms with E-state index in [0.717, 1.165) is 0 Å². The van der Waals surface area contributed by atoms with E-state index in [1.165, 1.54) is 0 Å². The summed E-state index contributed by atoms with van der Waals surface area (Å²) in [6, 6.07) is 0. The number of carboxylic acid groups (broad SMARTS) is 1. The van der Waals surface area contributed by atoms with Crippen molar-refractivity contribution in [2.45, 2.75) is 64.5 Å². The third-order valence-electron chi connectivity index (χ3n) is 5.75. The van der Waals surface area contributed by atoms with Gasteiger partial charge in [-0.05, 0) is 0 Å². The van der Waals surface area contributed by atoms with E-state index in [9.17, 15) is 9.90 Å². The highest BCUT2D eigenvalue weighted by molar-refractivity contribution is 6.85. The largest absolute Gasteiger partial charge is 0.479 e. The average molecular weight is 1320 g/mol. The number of hydrogen-bond acceptors (Lipinski definition) is 1. The van der Waals surface area contributed by atoms with E-state index in [0.29, 0.717) is 0 Å². The first-order valence-electron chi connectivity index (χ1n) is 10.0. The van der Waals surface area contributed by atoms with Gasteiger partial charge in [-0.15, -0.1) is 0 Å². The van der Waals surface area contributed by atoms with E-state index in [2.05, 4.69) is 0 Å². The first kappa shape index (κ1) is 57.5. The van der Waals surface area contributed by atoms with Gasteiger partial charge in [-0.3, -0.25) is 0 Å². The van der Waals surface area contributed by atoms with E-state index < -0.39 is 70.4 Å². The molecule has 0 aliphatic heterocycles. The van der Waals surface area contributed by atoms with Crippen LogP contribution in [0.1, 0.15) is 0 Å². The summed E-state index contributed by atoms with van der Waals surface area (Å²) in [6.45, 7) is 0. The van der Waals surface area contributed by atoms with Gasteiger partial charge in [0.1, 0.15) is 0 Å². The van der Waals surface area contributed by atoms with Gasteiger partial charge in [0.2, 0.25) is 12.5 Å². The van der Waals surface area contributed by atoms with Crippen LogP contribution < -0.4 is 0 Å². The lowest BCUT2D eigenvalue weighted by atomic mass is 9.97. The van der Waals surface area contributed by atoms with Crippen molar-refractivity contribution in [2.75, 3.05) is 0 Å². The van der Waals surface area contributed by atoms with Crippen LogP contribution >= 0.6 is 360 Å². The Labute approximate surface area is 433 Å². The number of halogens is 31. The minimum Gasteiger partial charge on any atom is -0.479 e. The Morgan fingerprint density at radius 2 is 0.367 bits per heavy atom. The highest BCUT2D eigenvalue weighted by Crippen LogP contribution is 2.77. The van der Waals surface area contributed by atoms with Gasteiger partial charge in [0, 0.05) is 0 Å². The molecule has 0 radical (unpaired) electrons. The van der Waals surface area contributed by atoms with Crippen molar-refractivity contribution in [3.05, 3.63) is 0 Å². The van der Waals surface area contributed by atoms with Crippen LogP contribution in [0.5, 0.6) is 0 Å². The van der Waals surface area contributed by atoms with Gasteiger partial charge in [0.25, 0.3) is 0 Å². The zero-order valence-corrected chi connectivity index (χ0v) is 44.0. The molecule has 49 heavy (non-hydrogen) atoms. The predicted octanol–water partition coefficient (Wildman–Crippen LogP) is 17.9. The van der Waals surface area contributed by atoms with Crippen LogP contribution in [-0.4, -0.2) is 75.5 Å². The Bertz CT molecular complexity index is 1250. The third-order valence-corrected chi connectivity index (χ3v) is 27.8. The second-order valence-electron chi connectivity index (χ2n) is 8.84. The Hall–Kier alpha value is 8.46. The molecule has 0 rings (SSSR count). The van der Waals surface area contributed by atoms with E-state index in [-0.39, 0.29) is 0 Å². The maximum atomic E-state index is 11.7. The van der Waals surface area contributed by atoms with Crippen LogP contribution in [-0.2, 0) is 4.79 Å². The summed E-state index contributed by atoms with van der Waals surface area (Å²) in [6.07, 6.45) is 0. The van der Waals surface area contributed by atoms with Crippen molar-refractivity contribution in [1.29, 1.82) is 0 Å². The smallest absolute Gasteiger partial charge is 0.343 e. The lowest BCUT2D eigenvalue weighted by Gasteiger charge is -2.58. The third kappa shape index (κ3) is 8.49. The summed E-state index contributed by atoms with van der Waals surface area (Å²) >= 11 is 194. The van der Waals surface area contributed by atoms with Gasteiger partial charge in [-0.1, -0.05) is 360 Å². The molecule has 0 aliphatic carbocycles. The van der Waals surface area contributed by atoms with Crippen molar-refractivity contribution in [3.63, 3.8) is 0 Å². The number of carbonyl (C=O) groups is 1. The minimum atomic E-state index is -3.65. The van der Waals surface area contributed by atoms with Gasteiger partial charge >= 0.3 is 5.97 Å². The Kier molecular flexibility index (Phi) is 19.8. The molecule has 0 aromatic heterocycles. The van der Waals surface area contributed by atoms with Gasteiger partial charge in [-0.2, -0.15) is 0 Å². The fraction of sp³-hybridized carbons (Fsp3) is 0.938. The van der Waals surface area contributed by atoms with E-state index in [1.54, 1.807) is 0 Å². The lowest BCUT2D eigenvalue weighted by molar-refractivity contribution is -0.138. The average Bonchev–Trinajstić information content (AvgIpc) is 2.86. The Morgan fingerprint density at radius 1 is 0.245 bits per heavy atom. The molecule has 294 valence electrons. The molecule has 0 aromatic rings. The van der Waals surface area contributed by atoms with Crippen LogP contribution in [0, 0.1) is 0 Å². The van der Waals surface area contributed by atoms with Crippen LogP contribution in [0.3, 0.4) is 0 Å². The van der Waals surface area contributed by atoms with Crippen LogP contribution in [0.4, 0.5) is 0 Å². The topological polar surface area (TPSA) is 37.3 Å². The quantitative estimate of drug-likeness (QED) is 0.176. The summed E-state index contributed by atoms with van der Waals surface area (Å²) in [5.74, 6) is -2.17. The molecule has 0 spiro atoms. The summed E-state index contributed by atoms with van der Waals surface area (Å²) in [5.41, 5.74) is 0. The fourth-order valence-corrected chi connectivity index (χ4v) is 13.0. The molecule has 0 bridgehead atoms. The van der Waals surface area contributed by atoms with Gasteiger partial charge < -0.3 is 5.11 Å². The van der Waals surface area contributed by atoms with Gasteiger partial charge in [0.15, 0.2) is 52.0 Å². The second kappa shape index (κ2) is 16.9. The Morgan fingerprint density at radius 3 is 0.490 bits per heavy atom. The molecule has 2 nitrogen and oxygen atoms in total. The number of aliphatic carboxylic acids is 1. The van der Waals surface area contributed by atoms with E-state index >= 15 is 0 Å². The second-order valence-corrected chi connectivity index (χ2v) is 29.7. The molecule has 0 atom stereocenters. The molecule has 0 unspecified atom stereocenters. The molecule has 0 fully saturated rings. The SMILES string of the molecule is O=C(O)C(Cl)(Cl)C(Cl)(Cl)C(Cl)(Cl)C(Cl)(Cl)C(Cl)(Cl)C(Cl)(Cl)C(Cl)(Cl)C(Cl)(Cl)C(Cl)(Cl)C(Cl)(Cl)C(Cl)(Cl)C(Cl)(Cl)C(Cl)(Cl)C(Cl)(Cl)C(Cl)(Cl)Cl. The number of carboxylic acids is 1. The molecule has 0 amide bonds. The van der Waals surface area contributed by atoms with Crippen molar-refractivity contribution < 1.29 is 9.90 Å². The highest BCUT2D eigenvalue weighted by atomic mass is 35.6. The molecule has 0 aliphatic rings. The summed E-state index contributed by atoms with van der Waals surface area (Å²) in [7, 11) is 0. The first-order valence-corrected chi connectivity index (χ1v) is 21.8. The van der Waals surface area contributed by atoms with Crippen molar-refractivity contribution in [3.8, 4) is 0 Å². The van der Waals surface area contributed by atoms with Crippen LogP contribution in [0.25, 0.3) is 0 Å². The number of rotatable bonds is 14. The molecule has 0 saturated carbocycles. The lowest BCUT2D eigenvalue weighted by Crippen LogP contribution is -2.75. The highest BCUT2D eigenvalue weighted by Gasteiger charge is 2.87. The van der Waals surface area contributed by atoms with Crippen molar-refractivity contribution in [2.24, 2.45) is 0 Å². The van der Waals surface area contributed by atoms with Crippen molar-refractivity contribution >= 4 is 366 Å². The molecule has 33 heteroatoms. The number of hydrogen-bond donors (Lipinski definition) is 1. The summed E-state index contributed by atoms with van der Waals surface area (Å²) in [4.78, 5) is 11.7. The zero-order valence-electron chi connectivity index (χ0n) is 20.6. The van der Waals surface area contributed by atoms with Crippen molar-refractivity contribution in [1.82, 2.24) is 0 Å².